The number of aromatic nitrogens is 1. The highest BCUT2D eigenvalue weighted by Crippen LogP contribution is 2.32. The Morgan fingerprint density at radius 2 is 1.96 bits per heavy atom. The Labute approximate surface area is 145 Å². The van der Waals surface area contributed by atoms with Gasteiger partial charge in [0, 0.05) is 24.5 Å². The van der Waals surface area contributed by atoms with Gasteiger partial charge in [-0.3, -0.25) is 0 Å². The zero-order valence-corrected chi connectivity index (χ0v) is 14.6. The summed E-state index contributed by atoms with van der Waals surface area (Å²) in [6.45, 7) is 5.39. The smallest absolute Gasteiger partial charge is 0.185 e. The summed E-state index contributed by atoms with van der Waals surface area (Å²) >= 11 is 1.72. The molecule has 0 unspecified atom stereocenters. The molecule has 0 aliphatic carbocycles. The Morgan fingerprint density at radius 3 is 2.50 bits per heavy atom. The highest BCUT2D eigenvalue weighted by Gasteiger charge is 2.42. The van der Waals surface area contributed by atoms with Crippen molar-refractivity contribution in [2.24, 2.45) is 0 Å². The van der Waals surface area contributed by atoms with Gasteiger partial charge in [-0.25, -0.2) is 9.37 Å². The minimum Gasteiger partial charge on any atom is -0.377 e. The van der Waals surface area contributed by atoms with E-state index in [-0.39, 0.29) is 11.4 Å². The molecule has 3 heterocycles. The third-order valence-corrected chi connectivity index (χ3v) is 5.97. The minimum absolute atomic E-state index is 0.154. The number of halogens is 1. The molecule has 4 nitrogen and oxygen atoms in total. The summed E-state index contributed by atoms with van der Waals surface area (Å²) in [5, 5.41) is 7.03. The quantitative estimate of drug-likeness (QED) is 0.922. The van der Waals surface area contributed by atoms with E-state index in [1.165, 1.54) is 12.1 Å². The summed E-state index contributed by atoms with van der Waals surface area (Å²) in [6.07, 6.45) is 2.17. The van der Waals surface area contributed by atoms with Gasteiger partial charge in [-0.1, -0.05) is 12.1 Å². The molecule has 0 spiro atoms. The number of thiazole rings is 1. The van der Waals surface area contributed by atoms with Crippen LogP contribution in [-0.2, 0) is 10.3 Å². The molecule has 2 aromatic rings. The van der Waals surface area contributed by atoms with E-state index >= 15 is 0 Å². The van der Waals surface area contributed by atoms with Crippen molar-refractivity contribution in [2.75, 3.05) is 31.2 Å². The monoisotopic (exact) mass is 347 g/mol. The molecule has 2 aliphatic heterocycles. The molecular weight excluding hydrogens is 325 g/mol. The lowest BCUT2D eigenvalue weighted by Crippen LogP contribution is -2.61. The molecule has 0 radical (unpaired) electrons. The van der Waals surface area contributed by atoms with Crippen LogP contribution in [-0.4, -0.2) is 37.3 Å². The number of ether oxygens (including phenoxy) is 1. The molecule has 2 aliphatic rings. The van der Waals surface area contributed by atoms with Crippen molar-refractivity contribution in [3.8, 4) is 0 Å². The molecule has 128 valence electrons. The molecule has 0 amide bonds. The van der Waals surface area contributed by atoms with Gasteiger partial charge in [0.2, 0.25) is 0 Å². The van der Waals surface area contributed by atoms with Crippen molar-refractivity contribution in [1.82, 2.24) is 10.3 Å². The number of hydrogen-bond donors (Lipinski definition) is 1. The first-order chi connectivity index (χ1) is 11.6. The number of benzene rings is 1. The van der Waals surface area contributed by atoms with Gasteiger partial charge in [-0.2, -0.15) is 0 Å². The van der Waals surface area contributed by atoms with Crippen molar-refractivity contribution in [2.45, 2.75) is 31.3 Å². The molecule has 2 saturated heterocycles. The third-order valence-electron chi connectivity index (χ3n) is 4.95. The van der Waals surface area contributed by atoms with Crippen molar-refractivity contribution in [3.05, 3.63) is 46.7 Å². The van der Waals surface area contributed by atoms with Gasteiger partial charge in [-0.15, -0.1) is 11.3 Å². The van der Waals surface area contributed by atoms with Crippen LogP contribution in [0.2, 0.25) is 0 Å². The van der Waals surface area contributed by atoms with Crippen LogP contribution in [0.5, 0.6) is 0 Å². The highest BCUT2D eigenvalue weighted by atomic mass is 32.1. The van der Waals surface area contributed by atoms with Gasteiger partial charge < -0.3 is 15.0 Å². The molecule has 2 fully saturated rings. The van der Waals surface area contributed by atoms with Gasteiger partial charge in [0.1, 0.15) is 5.82 Å². The van der Waals surface area contributed by atoms with Crippen molar-refractivity contribution >= 4 is 16.5 Å². The lowest BCUT2D eigenvalue weighted by molar-refractivity contribution is -0.0851. The van der Waals surface area contributed by atoms with Crippen LogP contribution in [0, 0.1) is 12.7 Å². The van der Waals surface area contributed by atoms with Crippen molar-refractivity contribution in [1.29, 1.82) is 0 Å². The first-order valence-electron chi connectivity index (χ1n) is 8.43. The number of rotatable bonds is 4. The van der Waals surface area contributed by atoms with E-state index in [9.17, 15) is 4.39 Å². The van der Waals surface area contributed by atoms with Crippen molar-refractivity contribution in [3.63, 3.8) is 0 Å². The van der Waals surface area contributed by atoms with E-state index in [4.69, 9.17) is 4.74 Å². The third kappa shape index (κ3) is 3.06. The topological polar surface area (TPSA) is 37.4 Å². The number of nitrogens with zero attached hydrogens (tertiary/aromatic N) is 2. The molecule has 0 saturated carbocycles. The number of hydrogen-bond acceptors (Lipinski definition) is 5. The van der Waals surface area contributed by atoms with E-state index in [1.807, 2.05) is 19.1 Å². The molecule has 1 aromatic heterocycles. The van der Waals surface area contributed by atoms with Crippen LogP contribution < -0.4 is 10.2 Å². The second-order valence-electron chi connectivity index (χ2n) is 6.76. The normalized spacial score (nSPS) is 20.8. The van der Waals surface area contributed by atoms with Crippen LogP contribution in [0.4, 0.5) is 9.52 Å². The second-order valence-corrected chi connectivity index (χ2v) is 7.60. The van der Waals surface area contributed by atoms with E-state index in [2.05, 4.69) is 20.6 Å². The maximum Gasteiger partial charge on any atom is 0.185 e. The summed E-state index contributed by atoms with van der Waals surface area (Å²) in [6, 6.07) is 7.27. The molecule has 1 aromatic carbocycles. The van der Waals surface area contributed by atoms with Gasteiger partial charge >= 0.3 is 0 Å². The van der Waals surface area contributed by atoms with Gasteiger partial charge in [0.25, 0.3) is 0 Å². The van der Waals surface area contributed by atoms with E-state index < -0.39 is 0 Å². The van der Waals surface area contributed by atoms with Gasteiger partial charge in [0.15, 0.2) is 5.13 Å². The average molecular weight is 347 g/mol. The van der Waals surface area contributed by atoms with E-state index in [1.54, 1.807) is 11.3 Å². The summed E-state index contributed by atoms with van der Waals surface area (Å²) < 4.78 is 18.7. The highest BCUT2D eigenvalue weighted by molar-refractivity contribution is 7.13. The fourth-order valence-electron chi connectivity index (χ4n) is 3.50. The van der Waals surface area contributed by atoms with Crippen LogP contribution in [0.1, 0.15) is 24.1 Å². The van der Waals surface area contributed by atoms with Gasteiger partial charge in [0.05, 0.1) is 24.4 Å². The van der Waals surface area contributed by atoms with E-state index in [0.717, 1.165) is 42.3 Å². The lowest BCUT2D eigenvalue weighted by Gasteiger charge is -2.46. The predicted octanol–water partition coefficient (Wildman–Crippen LogP) is 3.07. The summed E-state index contributed by atoms with van der Waals surface area (Å²) in [7, 11) is 0. The van der Waals surface area contributed by atoms with Crippen molar-refractivity contribution < 1.29 is 9.13 Å². The fourth-order valence-corrected chi connectivity index (χ4v) is 4.36. The molecule has 1 N–H and O–H groups in total. The molecular formula is C18H22FN3OS. The second kappa shape index (κ2) is 6.43. The van der Waals surface area contributed by atoms with Crippen LogP contribution in [0.3, 0.4) is 0 Å². The molecule has 4 rings (SSSR count). The SMILES string of the molecule is Cc1csc(N2CCC(NC3(c4ccc(F)cc4)COC3)CC2)n1. The Bertz CT molecular complexity index is 691. The molecule has 0 bridgehead atoms. The Hall–Kier alpha value is -1.50. The first-order valence-corrected chi connectivity index (χ1v) is 9.31. The van der Waals surface area contributed by atoms with Crippen LogP contribution in [0.25, 0.3) is 0 Å². The summed E-state index contributed by atoms with van der Waals surface area (Å²) in [5.74, 6) is -0.193. The summed E-state index contributed by atoms with van der Waals surface area (Å²) in [4.78, 5) is 6.96. The van der Waals surface area contributed by atoms with Crippen LogP contribution >= 0.6 is 11.3 Å². The van der Waals surface area contributed by atoms with E-state index in [0.29, 0.717) is 19.3 Å². The summed E-state index contributed by atoms with van der Waals surface area (Å²) in [5.41, 5.74) is 2.06. The Kier molecular flexibility index (Phi) is 4.28. The fraction of sp³-hybridized carbons (Fsp3) is 0.500. The molecule has 0 atom stereocenters. The predicted molar refractivity (Wildman–Crippen MR) is 94.1 cm³/mol. The maximum absolute atomic E-state index is 13.2. The van der Waals surface area contributed by atoms with Gasteiger partial charge in [-0.05, 0) is 37.5 Å². The zero-order chi connectivity index (χ0) is 16.6. The first kappa shape index (κ1) is 16.0. The van der Waals surface area contributed by atoms with Crippen LogP contribution in [0.15, 0.2) is 29.6 Å². The Balaban J connectivity index is 1.39. The lowest BCUT2D eigenvalue weighted by atomic mass is 9.86. The number of nitrogens with one attached hydrogen (secondary N) is 1. The molecule has 6 heteroatoms. The minimum atomic E-state index is -0.193. The zero-order valence-electron chi connectivity index (χ0n) is 13.8. The number of anilines is 1. The largest absolute Gasteiger partial charge is 0.377 e. The number of aryl methyl sites for hydroxylation is 1. The number of piperidine rings is 1. The Morgan fingerprint density at radius 1 is 1.25 bits per heavy atom. The standard InChI is InChI=1S/C18H22FN3OS/c1-13-10-24-17(20-13)22-8-6-16(7-9-22)21-18(11-23-12-18)14-2-4-15(19)5-3-14/h2-5,10,16,21H,6-9,11-12H2,1H3. The maximum atomic E-state index is 13.2. The molecule has 24 heavy (non-hydrogen) atoms. The average Bonchev–Trinajstić information content (AvgIpc) is 2.99.